The summed E-state index contributed by atoms with van der Waals surface area (Å²) in [7, 11) is 0. The summed E-state index contributed by atoms with van der Waals surface area (Å²) in [6.07, 6.45) is 1.86. The van der Waals surface area contributed by atoms with E-state index in [9.17, 15) is 0 Å². The molecule has 6 aromatic carbocycles. The highest BCUT2D eigenvalue weighted by Crippen LogP contribution is 2.42. The number of pyridine rings is 1. The van der Waals surface area contributed by atoms with Crippen molar-refractivity contribution in [3.63, 3.8) is 0 Å². The number of benzene rings is 6. The van der Waals surface area contributed by atoms with Crippen LogP contribution in [0, 0.1) is 6.57 Å². The molecule has 4 nitrogen and oxygen atoms in total. The molecular weight excluding hydrogens is 560 g/mol. The Bertz CT molecular complexity index is 2560. The van der Waals surface area contributed by atoms with E-state index in [1.807, 2.05) is 24.4 Å². The Morgan fingerprint density at radius 1 is 0.478 bits per heavy atom. The van der Waals surface area contributed by atoms with Gasteiger partial charge in [-0.2, -0.15) is 0 Å². The number of aromatic nitrogens is 3. The summed E-state index contributed by atoms with van der Waals surface area (Å²) in [6.45, 7) is 8.18. The van der Waals surface area contributed by atoms with Crippen LogP contribution in [-0.2, 0) is 0 Å². The maximum Gasteiger partial charge on any atom is 0.196 e. The van der Waals surface area contributed by atoms with E-state index in [-0.39, 0.29) is 0 Å². The first-order valence-corrected chi connectivity index (χ1v) is 15.4. The van der Waals surface area contributed by atoms with Crippen molar-refractivity contribution in [2.24, 2.45) is 0 Å². The van der Waals surface area contributed by atoms with Crippen LogP contribution < -0.4 is 0 Å². The standard InChI is InChI=1S/C42H26N4/c1-43-35-20-11-25-40(45-36-21-6-2-15-31(36)32-16-3-7-22-37(32)45)41(35)29-14-10-13-28(27-29)30-19-12-26-44-42(30)46-38-23-8-4-17-33(38)34-18-5-9-24-39(34)46/h2-27H. The van der Waals surface area contributed by atoms with Crippen LogP contribution in [0.5, 0.6) is 0 Å². The van der Waals surface area contributed by atoms with Crippen molar-refractivity contribution in [2.45, 2.75) is 0 Å². The van der Waals surface area contributed by atoms with E-state index in [4.69, 9.17) is 11.6 Å². The number of fused-ring (bicyclic) bond motifs is 6. The van der Waals surface area contributed by atoms with Crippen LogP contribution in [0.1, 0.15) is 0 Å². The van der Waals surface area contributed by atoms with Crippen LogP contribution in [-0.4, -0.2) is 14.1 Å². The third-order valence-electron chi connectivity index (χ3n) is 9.00. The Morgan fingerprint density at radius 3 is 1.59 bits per heavy atom. The predicted octanol–water partition coefficient (Wildman–Crippen LogP) is 11.2. The lowest BCUT2D eigenvalue weighted by molar-refractivity contribution is 1.08. The summed E-state index contributed by atoms with van der Waals surface area (Å²) in [5, 5.41) is 4.78. The Kier molecular flexibility index (Phi) is 5.84. The van der Waals surface area contributed by atoms with Gasteiger partial charge in [0.1, 0.15) is 5.82 Å². The van der Waals surface area contributed by atoms with Crippen molar-refractivity contribution < 1.29 is 0 Å². The van der Waals surface area contributed by atoms with Gasteiger partial charge in [0.25, 0.3) is 0 Å². The van der Waals surface area contributed by atoms with E-state index < -0.39 is 0 Å². The highest BCUT2D eigenvalue weighted by molar-refractivity contribution is 6.11. The minimum atomic E-state index is 0.616. The second-order valence-corrected chi connectivity index (χ2v) is 11.5. The van der Waals surface area contributed by atoms with Crippen LogP contribution in [0.3, 0.4) is 0 Å². The summed E-state index contributed by atoms with van der Waals surface area (Å²) < 4.78 is 4.57. The van der Waals surface area contributed by atoms with Crippen LogP contribution >= 0.6 is 0 Å². The zero-order valence-electron chi connectivity index (χ0n) is 24.8. The Balaban J connectivity index is 1.29. The Morgan fingerprint density at radius 2 is 1.00 bits per heavy atom. The molecule has 0 fully saturated rings. The van der Waals surface area contributed by atoms with E-state index in [0.717, 1.165) is 55.8 Å². The predicted molar refractivity (Wildman–Crippen MR) is 190 cm³/mol. The molecule has 4 heteroatoms. The van der Waals surface area contributed by atoms with Crippen molar-refractivity contribution in [3.05, 3.63) is 169 Å². The molecule has 0 amide bonds. The Labute approximate surface area is 265 Å². The minimum Gasteiger partial charge on any atom is -0.310 e. The quantitative estimate of drug-likeness (QED) is 0.189. The van der Waals surface area contributed by atoms with E-state index in [0.29, 0.717) is 5.69 Å². The monoisotopic (exact) mass is 586 g/mol. The average Bonchev–Trinajstić information content (AvgIpc) is 3.64. The first-order chi connectivity index (χ1) is 22.8. The third kappa shape index (κ3) is 3.83. The maximum absolute atomic E-state index is 8.18. The molecule has 0 saturated heterocycles. The number of nitrogens with zero attached hydrogens (tertiary/aromatic N) is 4. The van der Waals surface area contributed by atoms with Gasteiger partial charge in [0.15, 0.2) is 5.69 Å². The molecule has 9 rings (SSSR count). The zero-order chi connectivity index (χ0) is 30.6. The highest BCUT2D eigenvalue weighted by atomic mass is 15.1. The van der Waals surface area contributed by atoms with Crippen molar-refractivity contribution in [1.29, 1.82) is 0 Å². The average molecular weight is 587 g/mol. The Hall–Kier alpha value is -6.44. The first-order valence-electron chi connectivity index (χ1n) is 15.4. The van der Waals surface area contributed by atoms with Gasteiger partial charge < -0.3 is 4.57 Å². The normalized spacial score (nSPS) is 11.5. The summed E-state index contributed by atoms with van der Waals surface area (Å²) in [6, 6.07) is 52.7. The van der Waals surface area contributed by atoms with Gasteiger partial charge >= 0.3 is 0 Å². The van der Waals surface area contributed by atoms with Gasteiger partial charge in [-0.3, -0.25) is 4.57 Å². The zero-order valence-corrected chi connectivity index (χ0v) is 24.8. The number of hydrogen-bond donors (Lipinski definition) is 0. The lowest BCUT2D eigenvalue weighted by Crippen LogP contribution is -2.00. The molecule has 46 heavy (non-hydrogen) atoms. The largest absolute Gasteiger partial charge is 0.310 e. The lowest BCUT2D eigenvalue weighted by Gasteiger charge is -2.17. The van der Waals surface area contributed by atoms with E-state index in [1.165, 1.54) is 21.5 Å². The van der Waals surface area contributed by atoms with Gasteiger partial charge in [0.2, 0.25) is 0 Å². The van der Waals surface area contributed by atoms with E-state index >= 15 is 0 Å². The minimum absolute atomic E-state index is 0.616. The molecule has 0 aliphatic carbocycles. The molecule has 0 aliphatic rings. The van der Waals surface area contributed by atoms with Crippen molar-refractivity contribution >= 4 is 49.3 Å². The molecule has 0 N–H and O–H groups in total. The molecule has 0 unspecified atom stereocenters. The van der Waals surface area contributed by atoms with E-state index in [2.05, 4.69) is 147 Å². The fourth-order valence-electron chi connectivity index (χ4n) is 7.08. The molecule has 0 bridgehead atoms. The number of para-hydroxylation sites is 4. The van der Waals surface area contributed by atoms with Crippen LogP contribution in [0.4, 0.5) is 5.69 Å². The molecule has 0 aliphatic heterocycles. The molecule has 0 atom stereocenters. The second kappa shape index (κ2) is 10.3. The van der Waals surface area contributed by atoms with Gasteiger partial charge in [-0.25, -0.2) is 9.83 Å². The third-order valence-corrected chi connectivity index (χ3v) is 9.00. The molecule has 9 aromatic rings. The fourth-order valence-corrected chi connectivity index (χ4v) is 7.08. The van der Waals surface area contributed by atoms with Crippen LogP contribution in [0.25, 0.3) is 82.2 Å². The van der Waals surface area contributed by atoms with Crippen molar-refractivity contribution in [3.8, 4) is 33.8 Å². The molecular formula is C42H26N4. The molecule has 0 saturated carbocycles. The van der Waals surface area contributed by atoms with Gasteiger partial charge in [-0.15, -0.1) is 0 Å². The number of rotatable bonds is 4. The van der Waals surface area contributed by atoms with Crippen molar-refractivity contribution in [2.75, 3.05) is 0 Å². The summed E-state index contributed by atoms with van der Waals surface area (Å²) >= 11 is 0. The summed E-state index contributed by atoms with van der Waals surface area (Å²) in [4.78, 5) is 9.00. The van der Waals surface area contributed by atoms with Gasteiger partial charge in [-0.05, 0) is 59.7 Å². The molecule has 214 valence electrons. The topological polar surface area (TPSA) is 27.1 Å². The lowest BCUT2D eigenvalue weighted by atomic mass is 9.96. The highest BCUT2D eigenvalue weighted by Gasteiger charge is 2.20. The summed E-state index contributed by atoms with van der Waals surface area (Å²) in [5.41, 5.74) is 10.0. The smallest absolute Gasteiger partial charge is 0.196 e. The molecule has 0 radical (unpaired) electrons. The van der Waals surface area contributed by atoms with Gasteiger partial charge in [0, 0.05) is 44.6 Å². The summed E-state index contributed by atoms with van der Waals surface area (Å²) in [5.74, 6) is 0.873. The molecule has 3 aromatic heterocycles. The molecule has 3 heterocycles. The molecule has 0 spiro atoms. The fraction of sp³-hybridized carbons (Fsp3) is 0. The first kappa shape index (κ1) is 26.0. The maximum atomic E-state index is 8.18. The van der Waals surface area contributed by atoms with Gasteiger partial charge in [-0.1, -0.05) is 103 Å². The van der Waals surface area contributed by atoms with Crippen molar-refractivity contribution in [1.82, 2.24) is 14.1 Å². The van der Waals surface area contributed by atoms with E-state index in [1.54, 1.807) is 0 Å². The van der Waals surface area contributed by atoms with Crippen LogP contribution in [0.15, 0.2) is 158 Å². The van der Waals surface area contributed by atoms with Crippen LogP contribution in [0.2, 0.25) is 0 Å². The van der Waals surface area contributed by atoms with Gasteiger partial charge in [0.05, 0.1) is 28.6 Å². The SMILES string of the molecule is [C-]#[N+]c1cccc(-n2c3ccccc3c3ccccc32)c1-c1cccc(-c2cccnc2-n2c3ccccc3c3ccccc32)c1. The number of hydrogen-bond acceptors (Lipinski definition) is 1. The second-order valence-electron chi connectivity index (χ2n) is 11.5.